The van der Waals surface area contributed by atoms with Crippen molar-refractivity contribution in [1.29, 1.82) is 0 Å². The number of aromatic nitrogens is 1. The molecule has 2 rings (SSSR count). The molecule has 18 heavy (non-hydrogen) atoms. The van der Waals surface area contributed by atoms with E-state index in [0.29, 0.717) is 10.1 Å². The summed E-state index contributed by atoms with van der Waals surface area (Å²) in [6, 6.07) is 1.74. The molecule has 0 saturated heterocycles. The SMILES string of the molecule is Cc1cc2sc(C(=O)O)c(OCC(=O)O)c2cn1. The maximum absolute atomic E-state index is 11.1. The van der Waals surface area contributed by atoms with E-state index in [9.17, 15) is 9.59 Å². The van der Waals surface area contributed by atoms with Crippen molar-refractivity contribution >= 4 is 33.4 Å². The van der Waals surface area contributed by atoms with Crippen LogP contribution < -0.4 is 4.74 Å². The normalized spacial score (nSPS) is 10.5. The van der Waals surface area contributed by atoms with Crippen molar-refractivity contribution < 1.29 is 24.5 Å². The molecule has 0 aliphatic heterocycles. The van der Waals surface area contributed by atoms with Crippen LogP contribution in [0, 0.1) is 6.92 Å². The van der Waals surface area contributed by atoms with Gasteiger partial charge in [0.1, 0.15) is 0 Å². The smallest absolute Gasteiger partial charge is 0.349 e. The van der Waals surface area contributed by atoms with Crippen LogP contribution in [0.5, 0.6) is 5.75 Å². The average molecular weight is 267 g/mol. The first-order chi connectivity index (χ1) is 8.49. The van der Waals surface area contributed by atoms with Gasteiger partial charge in [0.25, 0.3) is 0 Å². The summed E-state index contributed by atoms with van der Waals surface area (Å²) in [6.07, 6.45) is 1.49. The van der Waals surface area contributed by atoms with Crippen LogP contribution in [-0.4, -0.2) is 33.7 Å². The largest absolute Gasteiger partial charge is 0.479 e. The van der Waals surface area contributed by atoms with E-state index in [0.717, 1.165) is 17.0 Å². The number of pyridine rings is 1. The van der Waals surface area contributed by atoms with Gasteiger partial charge in [0.05, 0.1) is 5.39 Å². The van der Waals surface area contributed by atoms with Crippen molar-refractivity contribution in [2.75, 3.05) is 6.61 Å². The fourth-order valence-electron chi connectivity index (χ4n) is 1.49. The summed E-state index contributed by atoms with van der Waals surface area (Å²) >= 11 is 1.04. The Labute approximate surface area is 105 Å². The number of hydrogen-bond acceptors (Lipinski definition) is 5. The maximum atomic E-state index is 11.1. The molecule has 0 unspecified atom stereocenters. The third kappa shape index (κ3) is 2.25. The van der Waals surface area contributed by atoms with Crippen LogP contribution in [0.1, 0.15) is 15.4 Å². The number of carboxylic acid groups (broad SMARTS) is 2. The number of carboxylic acids is 2. The predicted octanol–water partition coefficient (Wildman–Crippen LogP) is 1.77. The summed E-state index contributed by atoms with van der Waals surface area (Å²) < 4.78 is 5.75. The fraction of sp³-hybridized carbons (Fsp3) is 0.182. The Morgan fingerprint density at radius 3 is 2.78 bits per heavy atom. The molecule has 0 aliphatic rings. The quantitative estimate of drug-likeness (QED) is 0.876. The number of carbonyl (C=O) groups is 2. The number of ether oxygens (including phenoxy) is 1. The highest BCUT2D eigenvalue weighted by Gasteiger charge is 2.20. The van der Waals surface area contributed by atoms with Gasteiger partial charge >= 0.3 is 11.9 Å². The van der Waals surface area contributed by atoms with E-state index in [1.165, 1.54) is 6.20 Å². The van der Waals surface area contributed by atoms with Crippen LogP contribution >= 0.6 is 11.3 Å². The van der Waals surface area contributed by atoms with Crippen molar-refractivity contribution in [1.82, 2.24) is 4.98 Å². The number of hydrogen-bond donors (Lipinski definition) is 2. The Hall–Kier alpha value is -2.15. The molecule has 2 aromatic heterocycles. The number of fused-ring (bicyclic) bond motifs is 1. The molecular weight excluding hydrogens is 258 g/mol. The molecule has 94 valence electrons. The van der Waals surface area contributed by atoms with Gasteiger partial charge in [0.15, 0.2) is 17.2 Å². The lowest BCUT2D eigenvalue weighted by Crippen LogP contribution is -2.10. The minimum Gasteiger partial charge on any atom is -0.479 e. The summed E-state index contributed by atoms with van der Waals surface area (Å²) in [7, 11) is 0. The standard InChI is InChI=1S/C11H9NO5S/c1-5-2-7-6(3-12-5)9(17-4-8(13)14)10(18-7)11(15)16/h2-3H,4H2,1H3,(H,13,14)(H,15,16). The molecule has 0 amide bonds. The molecule has 2 heterocycles. The fourth-order valence-corrected chi connectivity index (χ4v) is 2.54. The van der Waals surface area contributed by atoms with Gasteiger partial charge in [-0.25, -0.2) is 9.59 Å². The number of aryl methyl sites for hydroxylation is 1. The molecule has 2 N–H and O–H groups in total. The van der Waals surface area contributed by atoms with Crippen molar-refractivity contribution in [2.24, 2.45) is 0 Å². The molecule has 0 spiro atoms. The second kappa shape index (κ2) is 4.61. The molecule has 2 aromatic rings. The van der Waals surface area contributed by atoms with Gasteiger partial charge in [-0.1, -0.05) is 0 Å². The molecule has 6 nitrogen and oxygen atoms in total. The topological polar surface area (TPSA) is 96.7 Å². The van der Waals surface area contributed by atoms with E-state index in [2.05, 4.69) is 4.98 Å². The Morgan fingerprint density at radius 1 is 1.44 bits per heavy atom. The minimum absolute atomic E-state index is 0.0151. The van der Waals surface area contributed by atoms with Crippen LogP contribution in [0.15, 0.2) is 12.3 Å². The van der Waals surface area contributed by atoms with E-state index < -0.39 is 18.5 Å². The van der Waals surface area contributed by atoms with Crippen LogP contribution in [0.3, 0.4) is 0 Å². The summed E-state index contributed by atoms with van der Waals surface area (Å²) in [4.78, 5) is 25.6. The Morgan fingerprint density at radius 2 is 2.17 bits per heavy atom. The molecular formula is C11H9NO5S. The monoisotopic (exact) mass is 267 g/mol. The van der Waals surface area contributed by atoms with Crippen LogP contribution in [0.2, 0.25) is 0 Å². The second-order valence-electron chi connectivity index (χ2n) is 3.57. The first-order valence-corrected chi connectivity index (χ1v) is 5.77. The van der Waals surface area contributed by atoms with Gasteiger partial charge in [0, 0.05) is 16.6 Å². The van der Waals surface area contributed by atoms with Gasteiger partial charge in [-0.05, 0) is 13.0 Å². The summed E-state index contributed by atoms with van der Waals surface area (Å²) in [5.41, 5.74) is 0.755. The van der Waals surface area contributed by atoms with Crippen LogP contribution in [0.4, 0.5) is 0 Å². The van der Waals surface area contributed by atoms with E-state index in [1.807, 2.05) is 0 Å². The Bertz CT molecular complexity index is 634. The minimum atomic E-state index is -1.16. The molecule has 0 fully saturated rings. The third-order valence-electron chi connectivity index (χ3n) is 2.20. The highest BCUT2D eigenvalue weighted by Crippen LogP contribution is 2.37. The van der Waals surface area contributed by atoms with Crippen LogP contribution in [-0.2, 0) is 4.79 Å². The molecule has 0 saturated carbocycles. The van der Waals surface area contributed by atoms with E-state index in [4.69, 9.17) is 14.9 Å². The first kappa shape index (κ1) is 12.3. The zero-order chi connectivity index (χ0) is 13.3. The van der Waals surface area contributed by atoms with Crippen molar-refractivity contribution in [3.8, 4) is 5.75 Å². The van der Waals surface area contributed by atoms with E-state index in [1.54, 1.807) is 13.0 Å². The molecule has 0 radical (unpaired) electrons. The first-order valence-electron chi connectivity index (χ1n) is 4.96. The number of aliphatic carboxylic acids is 1. The summed E-state index contributed by atoms with van der Waals surface area (Å²) in [6.45, 7) is 1.21. The van der Waals surface area contributed by atoms with Crippen molar-refractivity contribution in [2.45, 2.75) is 6.92 Å². The second-order valence-corrected chi connectivity index (χ2v) is 4.62. The number of nitrogens with zero attached hydrogens (tertiary/aromatic N) is 1. The molecule has 0 aromatic carbocycles. The van der Waals surface area contributed by atoms with E-state index in [-0.39, 0.29) is 10.6 Å². The van der Waals surface area contributed by atoms with Gasteiger partial charge in [-0.3, -0.25) is 4.98 Å². The number of rotatable bonds is 4. The van der Waals surface area contributed by atoms with E-state index >= 15 is 0 Å². The maximum Gasteiger partial charge on any atom is 0.349 e. The van der Waals surface area contributed by atoms with Gasteiger partial charge < -0.3 is 14.9 Å². The lowest BCUT2D eigenvalue weighted by atomic mass is 10.2. The lowest BCUT2D eigenvalue weighted by Gasteiger charge is -2.02. The molecule has 0 atom stereocenters. The highest BCUT2D eigenvalue weighted by atomic mass is 32.1. The van der Waals surface area contributed by atoms with Crippen molar-refractivity contribution in [3.63, 3.8) is 0 Å². The third-order valence-corrected chi connectivity index (χ3v) is 3.32. The van der Waals surface area contributed by atoms with Crippen LogP contribution in [0.25, 0.3) is 10.1 Å². The average Bonchev–Trinajstić information content (AvgIpc) is 2.64. The van der Waals surface area contributed by atoms with Gasteiger partial charge in [-0.15, -0.1) is 11.3 Å². The number of thiophene rings is 1. The predicted molar refractivity (Wildman–Crippen MR) is 64.4 cm³/mol. The van der Waals surface area contributed by atoms with Gasteiger partial charge in [-0.2, -0.15) is 0 Å². The summed E-state index contributed by atoms with van der Waals surface area (Å²) in [5.74, 6) is -2.24. The summed E-state index contributed by atoms with van der Waals surface area (Å²) in [5, 5.41) is 18.2. The highest BCUT2D eigenvalue weighted by molar-refractivity contribution is 7.21. The Balaban J connectivity index is 2.55. The number of aromatic carboxylic acids is 1. The molecule has 7 heteroatoms. The Kier molecular flexibility index (Phi) is 3.15. The van der Waals surface area contributed by atoms with Gasteiger partial charge in [0.2, 0.25) is 0 Å². The molecule has 0 aliphatic carbocycles. The zero-order valence-electron chi connectivity index (χ0n) is 9.34. The van der Waals surface area contributed by atoms with Crippen molar-refractivity contribution in [3.05, 3.63) is 22.8 Å². The lowest BCUT2D eigenvalue weighted by molar-refractivity contribution is -0.139. The molecule has 0 bridgehead atoms. The zero-order valence-corrected chi connectivity index (χ0v) is 10.2.